The van der Waals surface area contributed by atoms with Crippen LogP contribution < -0.4 is 0 Å². The lowest BCUT2D eigenvalue weighted by atomic mass is 10.0. The second kappa shape index (κ2) is 22.8. The topological polar surface area (TPSA) is 230 Å². The van der Waals surface area contributed by atoms with E-state index in [0.29, 0.717) is 39.1 Å². The van der Waals surface area contributed by atoms with Gasteiger partial charge < -0.3 is 30.4 Å². The lowest BCUT2D eigenvalue weighted by Crippen LogP contribution is -2.52. The van der Waals surface area contributed by atoms with Crippen LogP contribution in [0.1, 0.15) is 12.5 Å². The number of benzene rings is 1. The first-order valence-corrected chi connectivity index (χ1v) is 17.2. The number of nitrogens with zero attached hydrogens (tertiary/aromatic N) is 7. The van der Waals surface area contributed by atoms with Crippen molar-refractivity contribution in [1.29, 1.82) is 5.26 Å². The molecule has 0 saturated carbocycles. The second-order valence-electron chi connectivity index (χ2n) is 12.1. The van der Waals surface area contributed by atoms with E-state index in [1.807, 2.05) is 24.5 Å². The van der Waals surface area contributed by atoms with E-state index in [0.717, 1.165) is 22.2 Å². The first-order valence-electron chi connectivity index (χ1n) is 16.4. The summed E-state index contributed by atoms with van der Waals surface area (Å²) in [7, 11) is 0. The number of thioether (sulfide) groups is 1. The Labute approximate surface area is 296 Å². The Morgan fingerprint density at radius 2 is 1.00 bits per heavy atom. The highest BCUT2D eigenvalue weighted by Gasteiger charge is 2.27. The maximum absolute atomic E-state index is 12.2. The molecule has 2 rings (SSSR count). The van der Waals surface area contributed by atoms with Gasteiger partial charge in [0, 0.05) is 82.9 Å². The van der Waals surface area contributed by atoms with Crippen LogP contribution in [-0.2, 0) is 30.4 Å². The number of carbonyl (C=O) groups is 5. The van der Waals surface area contributed by atoms with Crippen molar-refractivity contribution in [3.05, 3.63) is 29.8 Å². The molecule has 1 saturated heterocycles. The molecule has 0 bridgehead atoms. The Bertz CT molecular complexity index is 1300. The fourth-order valence-electron chi connectivity index (χ4n) is 5.83. The molecule has 1 aliphatic rings. The number of carboxylic acid groups (broad SMARTS) is 5. The third-order valence-electron chi connectivity index (χ3n) is 8.40. The second-order valence-corrected chi connectivity index (χ2v) is 13.0. The molecule has 1 aliphatic heterocycles. The summed E-state index contributed by atoms with van der Waals surface area (Å²) in [6, 6.07) is 6.73. The molecule has 17 nitrogen and oxygen atoms in total. The number of hydrogen-bond donors (Lipinski definition) is 5. The van der Waals surface area contributed by atoms with E-state index in [9.17, 15) is 49.5 Å². The number of likely N-dealkylation sites (N-methyl/N-ethyl adjacent to an activating group) is 1. The molecule has 1 aromatic carbocycles. The highest BCUT2D eigenvalue weighted by atomic mass is 32.2. The van der Waals surface area contributed by atoms with Crippen molar-refractivity contribution in [3.63, 3.8) is 0 Å². The minimum atomic E-state index is -1.12. The lowest BCUT2D eigenvalue weighted by Gasteiger charge is -2.37. The maximum Gasteiger partial charge on any atom is 0.317 e. The van der Waals surface area contributed by atoms with Gasteiger partial charge in [-0.1, -0.05) is 19.1 Å². The normalized spacial score (nSPS) is 19.6. The summed E-state index contributed by atoms with van der Waals surface area (Å²) in [6.45, 7) is 3.72. The first-order chi connectivity index (χ1) is 23.8. The standard InChI is InChI=1S/C32H49N7O10S/c1-2-34-7-9-35(19-28(40)41)10-11-36(20-29(42)43)12-13-37(21-30(44)45)15-16-39(23-32(48)49)26(18-38(14-8-34)22-31(46)47)17-25-3-5-27(6-4-25)50-24-33/h3-6,26H,2,7-23H2,1H3,(H,40,41)(H,42,43)(H,44,45)(H,46,47)(H,48,49). The maximum atomic E-state index is 12.2. The Balaban J connectivity index is 2.53. The van der Waals surface area contributed by atoms with Crippen LogP contribution >= 0.6 is 11.8 Å². The predicted molar refractivity (Wildman–Crippen MR) is 183 cm³/mol. The average molecular weight is 724 g/mol. The molecule has 0 radical (unpaired) electrons. The van der Waals surface area contributed by atoms with Crippen LogP contribution in [0.25, 0.3) is 0 Å². The van der Waals surface area contributed by atoms with Gasteiger partial charge >= 0.3 is 29.8 Å². The summed E-state index contributed by atoms with van der Waals surface area (Å²) >= 11 is 1.00. The Morgan fingerprint density at radius 3 is 1.40 bits per heavy atom. The van der Waals surface area contributed by atoms with Crippen LogP contribution in [-0.4, -0.2) is 202 Å². The molecule has 0 aromatic heterocycles. The van der Waals surface area contributed by atoms with Gasteiger partial charge in [-0.2, -0.15) is 5.26 Å². The quantitative estimate of drug-likeness (QED) is 0.120. The highest BCUT2D eigenvalue weighted by molar-refractivity contribution is 8.03. The van der Waals surface area contributed by atoms with Gasteiger partial charge in [0.15, 0.2) is 0 Å². The summed E-state index contributed by atoms with van der Waals surface area (Å²) in [4.78, 5) is 70.5. The molecular formula is C32H49N7O10S. The molecule has 1 heterocycles. The van der Waals surface area contributed by atoms with E-state index in [1.54, 1.807) is 36.6 Å². The fourth-order valence-corrected chi connectivity index (χ4v) is 6.21. The Hall–Kier alpha value is -3.83. The monoisotopic (exact) mass is 723 g/mol. The molecule has 1 unspecified atom stereocenters. The summed E-state index contributed by atoms with van der Waals surface area (Å²) < 4.78 is 0. The molecule has 1 fully saturated rings. The third kappa shape index (κ3) is 17.7. The average Bonchev–Trinajstić information content (AvgIpc) is 3.02. The van der Waals surface area contributed by atoms with Gasteiger partial charge in [0.1, 0.15) is 5.40 Å². The van der Waals surface area contributed by atoms with Crippen LogP contribution in [0.4, 0.5) is 0 Å². The van der Waals surface area contributed by atoms with Crippen molar-refractivity contribution in [2.24, 2.45) is 0 Å². The Morgan fingerprint density at radius 1 is 0.620 bits per heavy atom. The van der Waals surface area contributed by atoms with E-state index in [-0.39, 0.29) is 78.5 Å². The number of aliphatic carboxylic acids is 5. The summed E-state index contributed by atoms with van der Waals surface area (Å²) in [6.07, 6.45) is 0.341. The number of hydrogen-bond acceptors (Lipinski definition) is 13. The van der Waals surface area contributed by atoms with Crippen LogP contribution in [0.2, 0.25) is 0 Å². The molecule has 0 aliphatic carbocycles. The molecule has 278 valence electrons. The van der Waals surface area contributed by atoms with E-state index >= 15 is 0 Å². The Kier molecular flexibility index (Phi) is 19.3. The van der Waals surface area contributed by atoms with Crippen molar-refractivity contribution in [2.45, 2.75) is 24.3 Å². The minimum absolute atomic E-state index is 0.125. The van der Waals surface area contributed by atoms with Crippen LogP contribution in [0, 0.1) is 10.7 Å². The van der Waals surface area contributed by atoms with Crippen molar-refractivity contribution in [3.8, 4) is 5.40 Å². The van der Waals surface area contributed by atoms with Gasteiger partial charge in [-0.05, 0) is 42.4 Å². The van der Waals surface area contributed by atoms with Crippen molar-refractivity contribution in [1.82, 2.24) is 29.4 Å². The van der Waals surface area contributed by atoms with Gasteiger partial charge in [0.25, 0.3) is 0 Å². The lowest BCUT2D eigenvalue weighted by molar-refractivity contribution is -0.141. The largest absolute Gasteiger partial charge is 0.480 e. The molecule has 50 heavy (non-hydrogen) atoms. The molecule has 0 amide bonds. The summed E-state index contributed by atoms with van der Waals surface area (Å²) in [5.41, 5.74) is 0.838. The molecule has 18 heteroatoms. The van der Waals surface area contributed by atoms with E-state index in [4.69, 9.17) is 5.26 Å². The molecule has 1 aromatic rings. The minimum Gasteiger partial charge on any atom is -0.480 e. The zero-order chi connectivity index (χ0) is 37.1. The van der Waals surface area contributed by atoms with E-state index < -0.39 is 35.9 Å². The van der Waals surface area contributed by atoms with Crippen LogP contribution in [0.3, 0.4) is 0 Å². The first kappa shape index (κ1) is 42.3. The van der Waals surface area contributed by atoms with Crippen LogP contribution in [0.15, 0.2) is 29.2 Å². The molecular weight excluding hydrogens is 674 g/mol. The fraction of sp³-hybridized carbons (Fsp3) is 0.625. The third-order valence-corrected chi connectivity index (χ3v) is 9.00. The van der Waals surface area contributed by atoms with Gasteiger partial charge in [-0.3, -0.25) is 48.5 Å². The van der Waals surface area contributed by atoms with Gasteiger partial charge in [0.05, 0.1) is 32.7 Å². The van der Waals surface area contributed by atoms with Gasteiger partial charge in [-0.25, -0.2) is 0 Å². The SMILES string of the molecule is CCN1CCN(CC(=O)O)CCN(CC(=O)O)CCN(CC(=O)O)CCN(CC(=O)O)C(Cc2ccc(SC#N)cc2)CN(CC(=O)O)CC1. The zero-order valence-corrected chi connectivity index (χ0v) is 29.2. The molecule has 0 spiro atoms. The number of thiocyanates is 1. The van der Waals surface area contributed by atoms with Gasteiger partial charge in [0.2, 0.25) is 0 Å². The predicted octanol–water partition coefficient (Wildman–Crippen LogP) is -0.561. The number of nitriles is 1. The number of carboxylic acids is 5. The summed E-state index contributed by atoms with van der Waals surface area (Å²) in [5, 5.41) is 59.5. The highest BCUT2D eigenvalue weighted by Crippen LogP contribution is 2.19. The van der Waals surface area contributed by atoms with Crippen molar-refractivity contribution < 1.29 is 49.5 Å². The zero-order valence-electron chi connectivity index (χ0n) is 28.4. The van der Waals surface area contributed by atoms with E-state index in [2.05, 4.69) is 4.90 Å². The summed E-state index contributed by atoms with van der Waals surface area (Å²) in [5.74, 6) is -5.39. The van der Waals surface area contributed by atoms with Crippen molar-refractivity contribution in [2.75, 3.05) is 111 Å². The number of rotatable bonds is 14. The molecule has 1 atom stereocenters. The van der Waals surface area contributed by atoms with Crippen LogP contribution in [0.5, 0.6) is 0 Å². The van der Waals surface area contributed by atoms with Crippen molar-refractivity contribution >= 4 is 41.6 Å². The smallest absolute Gasteiger partial charge is 0.317 e. The van der Waals surface area contributed by atoms with E-state index in [1.165, 1.54) is 0 Å². The molecule has 5 N–H and O–H groups in total. The van der Waals surface area contributed by atoms with Gasteiger partial charge in [-0.15, -0.1) is 0 Å².